The second-order valence-corrected chi connectivity index (χ2v) is 7.56. The number of carbonyl (C=O) groups is 2. The van der Waals surface area contributed by atoms with E-state index in [1.54, 1.807) is 37.3 Å². The highest BCUT2D eigenvalue weighted by atomic mass is 19.2. The molecule has 0 aliphatic carbocycles. The van der Waals surface area contributed by atoms with Gasteiger partial charge >= 0.3 is 0 Å². The molecule has 0 aliphatic rings. The van der Waals surface area contributed by atoms with Crippen molar-refractivity contribution in [3.8, 4) is 11.5 Å². The number of furan rings is 1. The summed E-state index contributed by atoms with van der Waals surface area (Å²) in [5.41, 5.74) is 1.33. The van der Waals surface area contributed by atoms with Crippen LogP contribution >= 0.6 is 0 Å². The largest absolute Gasteiger partial charge is 0.497 e. The Labute approximate surface area is 200 Å². The molecule has 1 amide bonds. The van der Waals surface area contributed by atoms with Crippen molar-refractivity contribution in [3.05, 3.63) is 88.4 Å². The standard InChI is InChI=1S/C25H16F5NO5/c1-11-15-7-6-13(9-16(15)36-24(11)23(33)12-4-3-5-14(8-12)34-2)31-17(32)10-35-25-21(29)19(27)18(26)20(28)22(25)30/h3-9H,10H2,1-2H3,(H,31,32). The number of anilines is 1. The smallest absolute Gasteiger partial charge is 0.262 e. The molecule has 0 atom stereocenters. The minimum Gasteiger partial charge on any atom is -0.497 e. The van der Waals surface area contributed by atoms with E-state index in [-0.39, 0.29) is 22.8 Å². The molecular weight excluding hydrogens is 489 g/mol. The summed E-state index contributed by atoms with van der Waals surface area (Å²) in [7, 11) is 1.47. The fourth-order valence-corrected chi connectivity index (χ4v) is 3.46. The number of methoxy groups -OCH3 is 1. The monoisotopic (exact) mass is 505 g/mol. The lowest BCUT2D eigenvalue weighted by atomic mass is 10.0. The third kappa shape index (κ3) is 4.47. The van der Waals surface area contributed by atoms with Gasteiger partial charge in [-0.15, -0.1) is 0 Å². The van der Waals surface area contributed by atoms with Crippen molar-refractivity contribution in [2.75, 3.05) is 19.0 Å². The van der Waals surface area contributed by atoms with Crippen LogP contribution in [0.4, 0.5) is 27.6 Å². The topological polar surface area (TPSA) is 77.8 Å². The number of amides is 1. The van der Waals surface area contributed by atoms with Crippen LogP contribution in [0.1, 0.15) is 21.7 Å². The van der Waals surface area contributed by atoms with Gasteiger partial charge in [-0.05, 0) is 31.2 Å². The van der Waals surface area contributed by atoms with Gasteiger partial charge in [0.1, 0.15) is 11.3 Å². The fraction of sp³-hybridized carbons (Fsp3) is 0.120. The lowest BCUT2D eigenvalue weighted by Gasteiger charge is -2.10. The Morgan fingerprint density at radius 1 is 0.917 bits per heavy atom. The molecule has 1 heterocycles. The van der Waals surface area contributed by atoms with Gasteiger partial charge in [-0.1, -0.05) is 12.1 Å². The first-order valence-electron chi connectivity index (χ1n) is 10.3. The molecule has 0 fully saturated rings. The van der Waals surface area contributed by atoms with Crippen molar-refractivity contribution in [2.24, 2.45) is 0 Å². The maximum atomic E-state index is 13.7. The maximum absolute atomic E-state index is 13.7. The predicted octanol–water partition coefficient (Wildman–Crippen LogP) is 5.69. The summed E-state index contributed by atoms with van der Waals surface area (Å²) in [5, 5.41) is 2.95. The van der Waals surface area contributed by atoms with Gasteiger partial charge in [-0.2, -0.15) is 8.78 Å². The summed E-state index contributed by atoms with van der Waals surface area (Å²) < 4.78 is 82.5. The highest BCUT2D eigenvalue weighted by molar-refractivity contribution is 6.11. The zero-order chi connectivity index (χ0) is 26.1. The number of hydrogen-bond donors (Lipinski definition) is 1. The third-order valence-electron chi connectivity index (χ3n) is 5.28. The lowest BCUT2D eigenvalue weighted by Crippen LogP contribution is -2.21. The van der Waals surface area contributed by atoms with Gasteiger partial charge in [0.25, 0.3) is 5.91 Å². The van der Waals surface area contributed by atoms with Gasteiger partial charge in [-0.25, -0.2) is 13.2 Å². The minimum absolute atomic E-state index is 0.0800. The molecule has 0 saturated carbocycles. The van der Waals surface area contributed by atoms with Crippen molar-refractivity contribution in [3.63, 3.8) is 0 Å². The molecule has 3 aromatic carbocycles. The van der Waals surface area contributed by atoms with Crippen LogP contribution in [0.5, 0.6) is 11.5 Å². The number of benzene rings is 3. The summed E-state index contributed by atoms with van der Waals surface area (Å²) >= 11 is 0. The van der Waals surface area contributed by atoms with Crippen LogP contribution in [0.2, 0.25) is 0 Å². The molecule has 0 spiro atoms. The van der Waals surface area contributed by atoms with Crippen molar-refractivity contribution in [2.45, 2.75) is 6.92 Å². The van der Waals surface area contributed by atoms with Crippen molar-refractivity contribution < 1.29 is 45.4 Å². The number of hydrogen-bond acceptors (Lipinski definition) is 5. The fourth-order valence-electron chi connectivity index (χ4n) is 3.46. The van der Waals surface area contributed by atoms with E-state index in [1.165, 1.54) is 19.2 Å². The minimum atomic E-state index is -2.34. The van der Waals surface area contributed by atoms with Crippen LogP contribution in [-0.4, -0.2) is 25.4 Å². The number of rotatable bonds is 7. The lowest BCUT2D eigenvalue weighted by molar-refractivity contribution is -0.118. The molecule has 0 aliphatic heterocycles. The molecule has 11 heteroatoms. The molecule has 4 aromatic rings. The number of ketones is 1. The summed E-state index contributed by atoms with van der Waals surface area (Å²) in [6.07, 6.45) is 0. The number of halogens is 5. The number of carbonyl (C=O) groups excluding carboxylic acids is 2. The number of fused-ring (bicyclic) bond motifs is 1. The molecule has 6 nitrogen and oxygen atoms in total. The van der Waals surface area contributed by atoms with Crippen LogP contribution in [0.3, 0.4) is 0 Å². The molecular formula is C25H16F5NO5. The van der Waals surface area contributed by atoms with E-state index >= 15 is 0 Å². The Kier molecular flexibility index (Phi) is 6.65. The molecule has 0 radical (unpaired) electrons. The molecule has 186 valence electrons. The normalized spacial score (nSPS) is 11.0. The van der Waals surface area contributed by atoms with Crippen LogP contribution in [0.25, 0.3) is 11.0 Å². The number of ether oxygens (including phenoxy) is 2. The Bertz CT molecular complexity index is 1490. The first-order chi connectivity index (χ1) is 17.1. The molecule has 0 unspecified atom stereocenters. The second-order valence-electron chi connectivity index (χ2n) is 7.56. The number of nitrogens with one attached hydrogen (secondary N) is 1. The third-order valence-corrected chi connectivity index (χ3v) is 5.28. The van der Waals surface area contributed by atoms with Crippen LogP contribution < -0.4 is 14.8 Å². The van der Waals surface area contributed by atoms with Gasteiger partial charge in [0.2, 0.25) is 34.9 Å². The van der Waals surface area contributed by atoms with Crippen molar-refractivity contribution in [1.82, 2.24) is 0 Å². The van der Waals surface area contributed by atoms with Gasteiger partial charge in [0.05, 0.1) is 7.11 Å². The SMILES string of the molecule is COc1cccc(C(=O)c2oc3cc(NC(=O)COc4c(F)c(F)c(F)c(F)c4F)ccc3c2C)c1. The molecule has 36 heavy (non-hydrogen) atoms. The van der Waals surface area contributed by atoms with E-state index in [0.717, 1.165) is 0 Å². The highest BCUT2D eigenvalue weighted by Gasteiger charge is 2.27. The Balaban J connectivity index is 1.52. The van der Waals surface area contributed by atoms with E-state index in [2.05, 4.69) is 10.1 Å². The first kappa shape index (κ1) is 24.7. The molecule has 0 bridgehead atoms. The van der Waals surface area contributed by atoms with Crippen LogP contribution in [0, 0.1) is 36.0 Å². The van der Waals surface area contributed by atoms with Gasteiger partial charge in [0, 0.05) is 28.3 Å². The first-order valence-corrected chi connectivity index (χ1v) is 10.3. The summed E-state index contributed by atoms with van der Waals surface area (Å²) in [6, 6.07) is 11.0. The summed E-state index contributed by atoms with van der Waals surface area (Å²) in [4.78, 5) is 25.1. The van der Waals surface area contributed by atoms with E-state index in [4.69, 9.17) is 9.15 Å². The van der Waals surface area contributed by atoms with Crippen molar-refractivity contribution >= 4 is 28.3 Å². The summed E-state index contributed by atoms with van der Waals surface area (Å²) in [5.74, 6) is -13.4. The maximum Gasteiger partial charge on any atom is 0.262 e. The van der Waals surface area contributed by atoms with Gasteiger partial charge in [0.15, 0.2) is 18.1 Å². The average molecular weight is 505 g/mol. The zero-order valence-electron chi connectivity index (χ0n) is 18.7. The molecule has 1 N–H and O–H groups in total. The van der Waals surface area contributed by atoms with E-state index in [0.29, 0.717) is 22.3 Å². The average Bonchev–Trinajstić information content (AvgIpc) is 3.21. The summed E-state index contributed by atoms with van der Waals surface area (Å²) in [6.45, 7) is 0.641. The van der Waals surface area contributed by atoms with Gasteiger partial charge < -0.3 is 19.2 Å². The molecule has 1 aromatic heterocycles. The van der Waals surface area contributed by atoms with Gasteiger partial charge in [-0.3, -0.25) is 9.59 Å². The quantitative estimate of drug-likeness (QED) is 0.151. The molecule has 0 saturated heterocycles. The predicted molar refractivity (Wildman–Crippen MR) is 118 cm³/mol. The van der Waals surface area contributed by atoms with E-state index in [9.17, 15) is 31.5 Å². The van der Waals surface area contributed by atoms with Crippen molar-refractivity contribution in [1.29, 1.82) is 0 Å². The van der Waals surface area contributed by atoms with Crippen LogP contribution in [-0.2, 0) is 4.79 Å². The highest BCUT2D eigenvalue weighted by Crippen LogP contribution is 2.31. The second kappa shape index (κ2) is 9.68. The van der Waals surface area contributed by atoms with E-state index < -0.39 is 47.3 Å². The number of aryl methyl sites for hydroxylation is 1. The Morgan fingerprint density at radius 3 is 2.25 bits per heavy atom. The molecule has 4 rings (SSSR count). The van der Waals surface area contributed by atoms with E-state index in [1.807, 2.05) is 0 Å². The van der Waals surface area contributed by atoms with Crippen LogP contribution in [0.15, 0.2) is 46.9 Å². The zero-order valence-corrected chi connectivity index (χ0v) is 18.7. The Morgan fingerprint density at radius 2 is 1.58 bits per heavy atom. The Hall–Kier alpha value is -4.41.